The Labute approximate surface area is 84.7 Å². The lowest BCUT2D eigenvalue weighted by molar-refractivity contribution is 0.111. The number of aldehydes is 1. The Bertz CT molecular complexity index is 374. The minimum absolute atomic E-state index is 0.389. The van der Waals surface area contributed by atoms with Crippen LogP contribution in [0.2, 0.25) is 0 Å². The molecular formula is C12H17NO. The van der Waals surface area contributed by atoms with Gasteiger partial charge in [-0.2, -0.15) is 0 Å². The first-order valence-corrected chi connectivity index (χ1v) is 5.19. The maximum absolute atomic E-state index is 10.8. The predicted molar refractivity (Wildman–Crippen MR) is 56.7 cm³/mol. The minimum Gasteiger partial charge on any atom is -0.356 e. The molecule has 2 heteroatoms. The molecule has 1 N–H and O–H groups in total. The van der Waals surface area contributed by atoms with E-state index >= 15 is 0 Å². The zero-order valence-corrected chi connectivity index (χ0v) is 9.11. The van der Waals surface area contributed by atoms with Crippen molar-refractivity contribution in [3.8, 4) is 0 Å². The Morgan fingerprint density at radius 1 is 1.43 bits per heavy atom. The molecule has 0 bridgehead atoms. The molecule has 0 radical (unpaired) electrons. The number of carbonyl (C=O) groups excluding carboxylic acids is 1. The summed E-state index contributed by atoms with van der Waals surface area (Å²) in [6.07, 6.45) is 4.31. The lowest BCUT2D eigenvalue weighted by Gasteiger charge is -2.29. The molecule has 0 amide bonds. The third-order valence-electron chi connectivity index (χ3n) is 3.33. The number of aromatic amines is 1. The van der Waals surface area contributed by atoms with Gasteiger partial charge in [0.15, 0.2) is 6.29 Å². The average Bonchev–Trinajstić information content (AvgIpc) is 2.42. The van der Waals surface area contributed by atoms with Gasteiger partial charge in [0.1, 0.15) is 0 Å². The lowest BCUT2D eigenvalue weighted by atomic mass is 9.76. The largest absolute Gasteiger partial charge is 0.356 e. The molecule has 1 aromatic heterocycles. The number of carbonyl (C=O) groups is 1. The first-order chi connectivity index (χ1) is 6.53. The van der Waals surface area contributed by atoms with Gasteiger partial charge in [-0.05, 0) is 42.7 Å². The molecule has 2 nitrogen and oxygen atoms in total. The van der Waals surface area contributed by atoms with Crippen LogP contribution >= 0.6 is 0 Å². The summed E-state index contributed by atoms with van der Waals surface area (Å²) in [4.78, 5) is 14.0. The maximum Gasteiger partial charge on any atom is 0.166 e. The highest BCUT2D eigenvalue weighted by molar-refractivity contribution is 5.76. The van der Waals surface area contributed by atoms with Gasteiger partial charge in [-0.15, -0.1) is 0 Å². The van der Waals surface area contributed by atoms with Crippen molar-refractivity contribution in [3.05, 3.63) is 22.5 Å². The Hall–Kier alpha value is -1.05. The van der Waals surface area contributed by atoms with Crippen molar-refractivity contribution in [2.24, 2.45) is 5.41 Å². The van der Waals surface area contributed by atoms with Gasteiger partial charge in [0, 0.05) is 5.69 Å². The molecule has 2 rings (SSSR count). The molecule has 14 heavy (non-hydrogen) atoms. The summed E-state index contributed by atoms with van der Waals surface area (Å²) in [6.45, 7) is 6.63. The highest BCUT2D eigenvalue weighted by Crippen LogP contribution is 2.36. The maximum atomic E-state index is 10.8. The molecule has 0 saturated carbocycles. The van der Waals surface area contributed by atoms with E-state index in [-0.39, 0.29) is 0 Å². The van der Waals surface area contributed by atoms with Crippen molar-refractivity contribution in [2.75, 3.05) is 0 Å². The number of aryl methyl sites for hydroxylation is 1. The van der Waals surface area contributed by atoms with Crippen LogP contribution in [-0.2, 0) is 12.8 Å². The Balaban J connectivity index is 2.46. The molecule has 1 aliphatic rings. The van der Waals surface area contributed by atoms with E-state index in [0.29, 0.717) is 5.41 Å². The number of hydrogen-bond donors (Lipinski definition) is 1. The number of fused-ring (bicyclic) bond motifs is 1. The molecule has 1 aliphatic carbocycles. The highest BCUT2D eigenvalue weighted by Gasteiger charge is 2.28. The second-order valence-corrected chi connectivity index (χ2v) is 5.08. The summed E-state index contributed by atoms with van der Waals surface area (Å²) in [5.74, 6) is 0. The van der Waals surface area contributed by atoms with Crippen LogP contribution in [0.25, 0.3) is 0 Å². The second kappa shape index (κ2) is 2.97. The van der Waals surface area contributed by atoms with Crippen molar-refractivity contribution in [1.82, 2.24) is 4.98 Å². The Kier molecular flexibility index (Phi) is 2.02. The van der Waals surface area contributed by atoms with Crippen molar-refractivity contribution >= 4 is 6.29 Å². The Morgan fingerprint density at radius 2 is 2.14 bits per heavy atom. The monoisotopic (exact) mass is 191 g/mol. The first-order valence-electron chi connectivity index (χ1n) is 5.19. The molecule has 0 fully saturated rings. The summed E-state index contributed by atoms with van der Waals surface area (Å²) in [6, 6.07) is 0. The van der Waals surface area contributed by atoms with Crippen molar-refractivity contribution in [2.45, 2.75) is 40.0 Å². The molecule has 0 atom stereocenters. The number of nitrogens with one attached hydrogen (secondary N) is 1. The smallest absolute Gasteiger partial charge is 0.166 e. The zero-order chi connectivity index (χ0) is 10.3. The van der Waals surface area contributed by atoms with Crippen LogP contribution < -0.4 is 0 Å². The van der Waals surface area contributed by atoms with E-state index in [0.717, 1.165) is 30.4 Å². The topological polar surface area (TPSA) is 32.9 Å². The van der Waals surface area contributed by atoms with Crippen LogP contribution in [0.15, 0.2) is 0 Å². The third kappa shape index (κ3) is 1.39. The number of aromatic nitrogens is 1. The van der Waals surface area contributed by atoms with Gasteiger partial charge in [-0.1, -0.05) is 13.8 Å². The SMILES string of the molecule is Cc1c(C=O)[nH]c2c1CC(C)(C)CC2. The molecule has 1 aromatic rings. The molecule has 0 aliphatic heterocycles. The fourth-order valence-corrected chi connectivity index (χ4v) is 2.32. The minimum atomic E-state index is 0.389. The Morgan fingerprint density at radius 3 is 2.79 bits per heavy atom. The predicted octanol–water partition coefficient (Wildman–Crippen LogP) is 2.65. The van der Waals surface area contributed by atoms with Gasteiger partial charge in [0.25, 0.3) is 0 Å². The van der Waals surface area contributed by atoms with E-state index in [1.807, 2.05) is 6.92 Å². The van der Waals surface area contributed by atoms with Crippen LogP contribution in [0.3, 0.4) is 0 Å². The third-order valence-corrected chi connectivity index (χ3v) is 3.33. The summed E-state index contributed by atoms with van der Waals surface area (Å²) in [5.41, 5.74) is 4.97. The van der Waals surface area contributed by atoms with Gasteiger partial charge >= 0.3 is 0 Å². The molecule has 0 aromatic carbocycles. The van der Waals surface area contributed by atoms with Crippen molar-refractivity contribution < 1.29 is 4.79 Å². The summed E-state index contributed by atoms with van der Waals surface area (Å²) in [5, 5.41) is 0. The molecule has 76 valence electrons. The van der Waals surface area contributed by atoms with Crippen molar-refractivity contribution in [1.29, 1.82) is 0 Å². The summed E-state index contributed by atoms with van der Waals surface area (Å²) >= 11 is 0. The van der Waals surface area contributed by atoms with Crippen LogP contribution in [-0.4, -0.2) is 11.3 Å². The lowest BCUT2D eigenvalue weighted by Crippen LogP contribution is -2.21. The second-order valence-electron chi connectivity index (χ2n) is 5.08. The van der Waals surface area contributed by atoms with Crippen molar-refractivity contribution in [3.63, 3.8) is 0 Å². The van der Waals surface area contributed by atoms with Gasteiger partial charge in [0.05, 0.1) is 5.69 Å². The molecule has 0 saturated heterocycles. The van der Waals surface area contributed by atoms with Gasteiger partial charge in [-0.3, -0.25) is 4.79 Å². The van der Waals surface area contributed by atoms with E-state index in [1.165, 1.54) is 17.7 Å². The van der Waals surface area contributed by atoms with Crippen LogP contribution in [0, 0.1) is 12.3 Å². The molecular weight excluding hydrogens is 174 g/mol. The quantitative estimate of drug-likeness (QED) is 0.680. The van der Waals surface area contributed by atoms with Gasteiger partial charge in [-0.25, -0.2) is 0 Å². The van der Waals surface area contributed by atoms with E-state index in [2.05, 4.69) is 18.8 Å². The van der Waals surface area contributed by atoms with E-state index in [4.69, 9.17) is 0 Å². The zero-order valence-electron chi connectivity index (χ0n) is 9.11. The average molecular weight is 191 g/mol. The summed E-state index contributed by atoms with van der Waals surface area (Å²) < 4.78 is 0. The fourth-order valence-electron chi connectivity index (χ4n) is 2.32. The van der Waals surface area contributed by atoms with E-state index < -0.39 is 0 Å². The van der Waals surface area contributed by atoms with Crippen LogP contribution in [0.4, 0.5) is 0 Å². The molecule has 0 unspecified atom stereocenters. The normalized spacial score (nSPS) is 19.1. The molecule has 0 spiro atoms. The first kappa shape index (κ1) is 9.50. The highest BCUT2D eigenvalue weighted by atomic mass is 16.1. The standard InChI is InChI=1S/C12H17NO/c1-8-9-6-12(2,3)5-4-10(9)13-11(8)7-14/h7,13H,4-6H2,1-3H3. The van der Waals surface area contributed by atoms with Crippen LogP contribution in [0.5, 0.6) is 0 Å². The van der Waals surface area contributed by atoms with E-state index in [9.17, 15) is 4.79 Å². The number of hydrogen-bond acceptors (Lipinski definition) is 1. The fraction of sp³-hybridized carbons (Fsp3) is 0.583. The van der Waals surface area contributed by atoms with Gasteiger partial charge in [0.2, 0.25) is 0 Å². The molecule has 1 heterocycles. The number of rotatable bonds is 1. The number of H-pyrrole nitrogens is 1. The van der Waals surface area contributed by atoms with E-state index in [1.54, 1.807) is 0 Å². The summed E-state index contributed by atoms with van der Waals surface area (Å²) in [7, 11) is 0. The van der Waals surface area contributed by atoms with Crippen LogP contribution in [0.1, 0.15) is 47.6 Å². The van der Waals surface area contributed by atoms with Gasteiger partial charge < -0.3 is 4.98 Å².